The highest BCUT2D eigenvalue weighted by atomic mass is 35.5. The second-order valence-corrected chi connectivity index (χ2v) is 7.79. The standard InChI is InChI=1S/C20H17Cl3N2O4/c1-11-5-6-13(8-15(11)22)24-17(26)10-29-20(28)12-7-18(27)25(9-12)16-4-2-3-14(21)19(16)23/h2-6,8,12H,7,9-10H2,1H3,(H,24,26)/t12-/m0/s1. The van der Waals surface area contributed by atoms with Gasteiger partial charge in [-0.15, -0.1) is 0 Å². The number of hydrogen-bond acceptors (Lipinski definition) is 4. The molecule has 2 aromatic rings. The van der Waals surface area contributed by atoms with Gasteiger partial charge in [-0.05, 0) is 36.8 Å². The molecule has 2 aromatic carbocycles. The summed E-state index contributed by atoms with van der Waals surface area (Å²) in [7, 11) is 0. The Hall–Kier alpha value is -2.28. The summed E-state index contributed by atoms with van der Waals surface area (Å²) in [6.07, 6.45) is -0.0309. The Morgan fingerprint density at radius 2 is 1.93 bits per heavy atom. The molecule has 0 unspecified atom stereocenters. The Morgan fingerprint density at radius 1 is 1.17 bits per heavy atom. The SMILES string of the molecule is Cc1ccc(NC(=O)COC(=O)[C@H]2CC(=O)N(c3cccc(Cl)c3Cl)C2)cc1Cl. The fourth-order valence-electron chi connectivity index (χ4n) is 2.92. The molecule has 0 bridgehead atoms. The van der Waals surface area contributed by atoms with Crippen LogP contribution in [0.1, 0.15) is 12.0 Å². The molecule has 1 heterocycles. The third-order valence-corrected chi connectivity index (χ3v) is 5.70. The number of nitrogens with zero attached hydrogens (tertiary/aromatic N) is 1. The number of esters is 1. The quantitative estimate of drug-likeness (QED) is 0.674. The second-order valence-electron chi connectivity index (χ2n) is 6.60. The number of hydrogen-bond donors (Lipinski definition) is 1. The molecule has 0 aliphatic carbocycles. The van der Waals surface area contributed by atoms with Crippen LogP contribution in [0.3, 0.4) is 0 Å². The number of anilines is 2. The van der Waals surface area contributed by atoms with Crippen molar-refractivity contribution >= 4 is 64.0 Å². The Morgan fingerprint density at radius 3 is 2.66 bits per heavy atom. The van der Waals surface area contributed by atoms with Crippen molar-refractivity contribution in [1.29, 1.82) is 0 Å². The summed E-state index contributed by atoms with van der Waals surface area (Å²) < 4.78 is 5.08. The molecule has 1 saturated heterocycles. The normalized spacial score (nSPS) is 16.1. The summed E-state index contributed by atoms with van der Waals surface area (Å²) in [5.74, 6) is -2.09. The lowest BCUT2D eigenvalue weighted by Gasteiger charge is -2.18. The summed E-state index contributed by atoms with van der Waals surface area (Å²) in [6, 6.07) is 10.0. The highest BCUT2D eigenvalue weighted by molar-refractivity contribution is 6.44. The monoisotopic (exact) mass is 454 g/mol. The van der Waals surface area contributed by atoms with Crippen LogP contribution in [0.2, 0.25) is 15.1 Å². The van der Waals surface area contributed by atoms with E-state index in [4.69, 9.17) is 39.5 Å². The van der Waals surface area contributed by atoms with Gasteiger partial charge in [-0.25, -0.2) is 0 Å². The van der Waals surface area contributed by atoms with Gasteiger partial charge < -0.3 is 15.0 Å². The Bertz CT molecular complexity index is 980. The topological polar surface area (TPSA) is 75.7 Å². The number of rotatable bonds is 5. The van der Waals surface area contributed by atoms with Gasteiger partial charge in [0.1, 0.15) is 0 Å². The summed E-state index contributed by atoms with van der Waals surface area (Å²) in [5.41, 5.74) is 1.82. The molecule has 3 rings (SSSR count). The minimum absolute atomic E-state index is 0.0309. The molecule has 0 spiro atoms. The first-order valence-corrected chi connectivity index (χ1v) is 9.86. The van der Waals surface area contributed by atoms with Crippen LogP contribution in [0.15, 0.2) is 36.4 Å². The number of halogens is 3. The molecule has 1 aliphatic rings. The van der Waals surface area contributed by atoms with Crippen molar-refractivity contribution in [3.63, 3.8) is 0 Å². The number of ether oxygens (including phenoxy) is 1. The first kappa shape index (κ1) is 21.4. The van der Waals surface area contributed by atoms with Crippen molar-refractivity contribution < 1.29 is 19.1 Å². The molecule has 0 radical (unpaired) electrons. The summed E-state index contributed by atoms with van der Waals surface area (Å²) >= 11 is 18.2. The van der Waals surface area contributed by atoms with Gasteiger partial charge in [0.05, 0.1) is 21.7 Å². The second kappa shape index (κ2) is 9.03. The van der Waals surface area contributed by atoms with Crippen LogP contribution < -0.4 is 10.2 Å². The van der Waals surface area contributed by atoms with E-state index in [1.807, 2.05) is 6.92 Å². The molecule has 1 atom stereocenters. The van der Waals surface area contributed by atoms with Crippen LogP contribution >= 0.6 is 34.8 Å². The zero-order chi connectivity index (χ0) is 21.1. The van der Waals surface area contributed by atoms with E-state index in [9.17, 15) is 14.4 Å². The maximum absolute atomic E-state index is 12.3. The smallest absolute Gasteiger partial charge is 0.311 e. The fraction of sp³-hybridized carbons (Fsp3) is 0.250. The van der Waals surface area contributed by atoms with Crippen LogP contribution in [0, 0.1) is 12.8 Å². The van der Waals surface area contributed by atoms with Crippen LogP contribution in [0.5, 0.6) is 0 Å². The molecule has 1 fully saturated rings. The van der Waals surface area contributed by atoms with E-state index in [1.54, 1.807) is 36.4 Å². The summed E-state index contributed by atoms with van der Waals surface area (Å²) in [6.45, 7) is 1.48. The number of benzene rings is 2. The summed E-state index contributed by atoms with van der Waals surface area (Å²) in [4.78, 5) is 38.0. The van der Waals surface area contributed by atoms with E-state index in [2.05, 4.69) is 5.32 Å². The van der Waals surface area contributed by atoms with Gasteiger partial charge in [0.15, 0.2) is 6.61 Å². The maximum Gasteiger partial charge on any atom is 0.311 e. The largest absolute Gasteiger partial charge is 0.455 e. The molecule has 0 aromatic heterocycles. The molecule has 1 aliphatic heterocycles. The molecule has 6 nitrogen and oxygen atoms in total. The fourth-order valence-corrected chi connectivity index (χ4v) is 3.50. The number of aryl methyl sites for hydroxylation is 1. The first-order chi connectivity index (χ1) is 13.8. The van der Waals surface area contributed by atoms with E-state index >= 15 is 0 Å². The predicted octanol–water partition coefficient (Wildman–Crippen LogP) is 4.49. The lowest BCUT2D eigenvalue weighted by molar-refractivity contribution is -0.151. The van der Waals surface area contributed by atoms with Gasteiger partial charge in [0.25, 0.3) is 5.91 Å². The minimum atomic E-state index is -0.695. The van der Waals surface area contributed by atoms with Crippen molar-refractivity contribution in [3.8, 4) is 0 Å². The molecule has 1 N–H and O–H groups in total. The van der Waals surface area contributed by atoms with Crippen molar-refractivity contribution in [2.24, 2.45) is 5.92 Å². The number of nitrogens with one attached hydrogen (secondary N) is 1. The van der Waals surface area contributed by atoms with Gasteiger partial charge in [-0.1, -0.05) is 46.9 Å². The van der Waals surface area contributed by atoms with Gasteiger partial charge in [0, 0.05) is 23.7 Å². The summed E-state index contributed by atoms with van der Waals surface area (Å²) in [5, 5.41) is 3.68. The van der Waals surface area contributed by atoms with E-state index in [0.717, 1.165) is 5.56 Å². The highest BCUT2D eigenvalue weighted by Crippen LogP contribution is 2.35. The van der Waals surface area contributed by atoms with Crippen molar-refractivity contribution in [2.45, 2.75) is 13.3 Å². The zero-order valence-electron chi connectivity index (χ0n) is 15.4. The van der Waals surface area contributed by atoms with Gasteiger partial charge in [-0.2, -0.15) is 0 Å². The van der Waals surface area contributed by atoms with E-state index in [0.29, 0.717) is 21.4 Å². The molecule has 152 valence electrons. The predicted molar refractivity (Wildman–Crippen MR) is 113 cm³/mol. The minimum Gasteiger partial charge on any atom is -0.455 e. The van der Waals surface area contributed by atoms with Crippen LogP contribution in [0.4, 0.5) is 11.4 Å². The first-order valence-electron chi connectivity index (χ1n) is 8.73. The molecule has 2 amide bonds. The molecule has 0 saturated carbocycles. The van der Waals surface area contributed by atoms with Crippen LogP contribution in [-0.4, -0.2) is 30.9 Å². The lowest BCUT2D eigenvalue weighted by Crippen LogP contribution is -2.28. The number of carbonyl (C=O) groups is 3. The lowest BCUT2D eigenvalue weighted by atomic mass is 10.1. The van der Waals surface area contributed by atoms with Crippen LogP contribution in [-0.2, 0) is 19.1 Å². The van der Waals surface area contributed by atoms with E-state index in [-0.39, 0.29) is 23.9 Å². The van der Waals surface area contributed by atoms with Crippen molar-refractivity contribution in [3.05, 3.63) is 57.0 Å². The van der Waals surface area contributed by atoms with Gasteiger partial charge in [-0.3, -0.25) is 14.4 Å². The highest BCUT2D eigenvalue weighted by Gasteiger charge is 2.37. The molecule has 29 heavy (non-hydrogen) atoms. The molecule has 9 heteroatoms. The zero-order valence-corrected chi connectivity index (χ0v) is 17.6. The number of carbonyl (C=O) groups excluding carboxylic acids is 3. The van der Waals surface area contributed by atoms with Crippen molar-refractivity contribution in [1.82, 2.24) is 0 Å². The molecular weight excluding hydrogens is 439 g/mol. The van der Waals surface area contributed by atoms with Crippen LogP contribution in [0.25, 0.3) is 0 Å². The molecular formula is C20H17Cl3N2O4. The van der Waals surface area contributed by atoms with Crippen molar-refractivity contribution in [2.75, 3.05) is 23.4 Å². The van der Waals surface area contributed by atoms with Gasteiger partial charge >= 0.3 is 5.97 Å². The number of amides is 2. The Balaban J connectivity index is 1.56. The van der Waals surface area contributed by atoms with E-state index in [1.165, 1.54) is 4.90 Å². The van der Waals surface area contributed by atoms with Gasteiger partial charge in [0.2, 0.25) is 5.91 Å². The maximum atomic E-state index is 12.3. The van der Waals surface area contributed by atoms with E-state index < -0.39 is 24.4 Å². The average Bonchev–Trinajstić information content (AvgIpc) is 3.06. The third-order valence-electron chi connectivity index (χ3n) is 4.48. The average molecular weight is 456 g/mol. The Kier molecular flexibility index (Phi) is 6.67. The third kappa shape index (κ3) is 5.01. The Labute approximate surface area is 182 Å².